The van der Waals surface area contributed by atoms with Crippen LogP contribution in [0.5, 0.6) is 0 Å². The van der Waals surface area contributed by atoms with E-state index >= 15 is 0 Å². The maximum absolute atomic E-state index is 11.4. The number of hydrogen-bond acceptors (Lipinski definition) is 3. The number of esters is 1. The second-order valence-corrected chi connectivity index (χ2v) is 3.40. The fourth-order valence-corrected chi connectivity index (χ4v) is 1.11. The van der Waals surface area contributed by atoms with E-state index in [9.17, 15) is 4.79 Å². The fourth-order valence-electron chi connectivity index (χ4n) is 1.11. The van der Waals surface area contributed by atoms with Crippen molar-refractivity contribution in [1.82, 2.24) is 0 Å². The van der Waals surface area contributed by atoms with E-state index in [4.69, 9.17) is 9.84 Å². The molecule has 0 aromatic rings. The summed E-state index contributed by atoms with van der Waals surface area (Å²) in [7, 11) is 0. The van der Waals surface area contributed by atoms with Crippen LogP contribution in [-0.2, 0) is 9.53 Å². The van der Waals surface area contributed by atoms with Crippen molar-refractivity contribution in [3.05, 3.63) is 11.6 Å². The van der Waals surface area contributed by atoms with Crippen LogP contribution in [0.25, 0.3) is 0 Å². The average molecular weight is 200 g/mol. The van der Waals surface area contributed by atoms with Gasteiger partial charge in [0.05, 0.1) is 6.10 Å². The molecular weight excluding hydrogens is 180 g/mol. The Hall–Kier alpha value is -0.830. The molecule has 0 bridgehead atoms. The molecular formula is C11H20O3. The van der Waals surface area contributed by atoms with Gasteiger partial charge in [0.2, 0.25) is 0 Å². The van der Waals surface area contributed by atoms with Gasteiger partial charge in [-0.2, -0.15) is 0 Å². The molecule has 14 heavy (non-hydrogen) atoms. The third-order valence-electron chi connectivity index (χ3n) is 1.91. The number of aliphatic hydroxyl groups excluding tert-OH is 1. The molecule has 0 spiro atoms. The molecule has 0 aliphatic rings. The van der Waals surface area contributed by atoms with Crippen LogP contribution in [0.1, 0.15) is 40.0 Å². The quantitative estimate of drug-likeness (QED) is 0.527. The minimum atomic E-state index is -0.278. The first kappa shape index (κ1) is 13.2. The highest BCUT2D eigenvalue weighted by molar-refractivity contribution is 5.87. The minimum Gasteiger partial charge on any atom is -0.459 e. The predicted octanol–water partition coefficient (Wildman–Crippen LogP) is 2.05. The van der Waals surface area contributed by atoms with E-state index < -0.39 is 0 Å². The van der Waals surface area contributed by atoms with Crippen molar-refractivity contribution in [2.75, 3.05) is 6.61 Å². The molecule has 0 aliphatic heterocycles. The Morgan fingerprint density at radius 2 is 2.21 bits per heavy atom. The average Bonchev–Trinajstić information content (AvgIpc) is 2.14. The van der Waals surface area contributed by atoms with Gasteiger partial charge >= 0.3 is 5.97 Å². The van der Waals surface area contributed by atoms with E-state index in [0.717, 1.165) is 12.8 Å². The summed E-state index contributed by atoms with van der Waals surface area (Å²) in [5.74, 6) is -0.278. The molecule has 82 valence electrons. The van der Waals surface area contributed by atoms with Gasteiger partial charge in [-0.1, -0.05) is 19.4 Å². The zero-order chi connectivity index (χ0) is 11.0. The molecule has 0 rings (SSSR count). The zero-order valence-corrected chi connectivity index (χ0v) is 9.25. The molecule has 0 saturated heterocycles. The van der Waals surface area contributed by atoms with Crippen LogP contribution in [0.3, 0.4) is 0 Å². The molecule has 1 atom stereocenters. The fraction of sp³-hybridized carbons (Fsp3) is 0.727. The van der Waals surface area contributed by atoms with Crippen LogP contribution in [0, 0.1) is 0 Å². The highest BCUT2D eigenvalue weighted by Gasteiger charge is 2.09. The Morgan fingerprint density at radius 3 is 2.71 bits per heavy atom. The van der Waals surface area contributed by atoms with E-state index in [1.165, 1.54) is 0 Å². The summed E-state index contributed by atoms with van der Waals surface area (Å²) in [6.07, 6.45) is 4.07. The summed E-state index contributed by atoms with van der Waals surface area (Å²) in [6, 6.07) is 0. The number of ether oxygens (including phenoxy) is 1. The first-order chi connectivity index (χ1) is 6.61. The Balaban J connectivity index is 3.94. The number of carbonyl (C=O) groups is 1. The number of aliphatic hydroxyl groups is 1. The second kappa shape index (κ2) is 7.56. The lowest BCUT2D eigenvalue weighted by molar-refractivity contribution is -0.143. The SMILES string of the molecule is CCCC(C)OC(=O)/C(C)=C/CCO. The van der Waals surface area contributed by atoms with Crippen LogP contribution >= 0.6 is 0 Å². The van der Waals surface area contributed by atoms with Gasteiger partial charge in [-0.25, -0.2) is 4.79 Å². The maximum atomic E-state index is 11.4. The molecule has 0 aromatic heterocycles. The van der Waals surface area contributed by atoms with Gasteiger partial charge in [-0.3, -0.25) is 0 Å². The lowest BCUT2D eigenvalue weighted by Gasteiger charge is -2.11. The Kier molecular flexibility index (Phi) is 7.11. The molecule has 1 N–H and O–H groups in total. The lowest BCUT2D eigenvalue weighted by Crippen LogP contribution is -2.15. The summed E-state index contributed by atoms with van der Waals surface area (Å²) in [6.45, 7) is 5.71. The molecule has 3 nitrogen and oxygen atoms in total. The molecule has 0 aliphatic carbocycles. The largest absolute Gasteiger partial charge is 0.459 e. The zero-order valence-electron chi connectivity index (χ0n) is 9.25. The summed E-state index contributed by atoms with van der Waals surface area (Å²) in [5.41, 5.74) is 0.571. The minimum absolute atomic E-state index is 0.0232. The van der Waals surface area contributed by atoms with E-state index in [2.05, 4.69) is 6.92 Å². The molecule has 3 heteroatoms. The van der Waals surface area contributed by atoms with E-state index in [-0.39, 0.29) is 18.7 Å². The topological polar surface area (TPSA) is 46.5 Å². The molecule has 0 saturated carbocycles. The highest BCUT2D eigenvalue weighted by Crippen LogP contribution is 2.06. The molecule has 0 fully saturated rings. The van der Waals surface area contributed by atoms with Crippen molar-refractivity contribution in [3.63, 3.8) is 0 Å². The second-order valence-electron chi connectivity index (χ2n) is 3.40. The van der Waals surface area contributed by atoms with Gasteiger partial charge in [0, 0.05) is 12.2 Å². The Bertz CT molecular complexity index is 197. The van der Waals surface area contributed by atoms with E-state index in [1.807, 2.05) is 6.92 Å². The van der Waals surface area contributed by atoms with E-state index in [0.29, 0.717) is 12.0 Å². The first-order valence-corrected chi connectivity index (χ1v) is 5.10. The van der Waals surface area contributed by atoms with E-state index in [1.54, 1.807) is 13.0 Å². The monoisotopic (exact) mass is 200 g/mol. The lowest BCUT2D eigenvalue weighted by atomic mass is 10.2. The number of carbonyl (C=O) groups excluding carboxylic acids is 1. The first-order valence-electron chi connectivity index (χ1n) is 5.10. The Labute approximate surface area is 85.8 Å². The van der Waals surface area contributed by atoms with Gasteiger partial charge < -0.3 is 9.84 Å². The van der Waals surface area contributed by atoms with Crippen molar-refractivity contribution < 1.29 is 14.6 Å². The molecule has 0 radical (unpaired) electrons. The molecule has 0 amide bonds. The molecule has 0 aromatic carbocycles. The van der Waals surface area contributed by atoms with Gasteiger partial charge in [0.15, 0.2) is 0 Å². The third kappa shape index (κ3) is 5.75. The van der Waals surface area contributed by atoms with Gasteiger partial charge in [0.1, 0.15) is 0 Å². The van der Waals surface area contributed by atoms with Crippen molar-refractivity contribution >= 4 is 5.97 Å². The van der Waals surface area contributed by atoms with Crippen molar-refractivity contribution in [1.29, 1.82) is 0 Å². The van der Waals surface area contributed by atoms with Gasteiger partial charge in [0.25, 0.3) is 0 Å². The number of rotatable bonds is 6. The van der Waals surface area contributed by atoms with Crippen LogP contribution < -0.4 is 0 Å². The number of hydrogen-bond donors (Lipinski definition) is 1. The summed E-state index contributed by atoms with van der Waals surface area (Å²) in [5, 5.41) is 8.57. The van der Waals surface area contributed by atoms with Gasteiger partial charge in [-0.15, -0.1) is 0 Å². The summed E-state index contributed by atoms with van der Waals surface area (Å²) in [4.78, 5) is 11.4. The normalized spacial score (nSPS) is 13.9. The van der Waals surface area contributed by atoms with Crippen LogP contribution in [-0.4, -0.2) is 23.8 Å². The third-order valence-corrected chi connectivity index (χ3v) is 1.91. The summed E-state index contributed by atoms with van der Waals surface area (Å²) < 4.78 is 5.16. The summed E-state index contributed by atoms with van der Waals surface area (Å²) >= 11 is 0. The van der Waals surface area contributed by atoms with Gasteiger partial charge in [-0.05, 0) is 26.7 Å². The molecule has 0 heterocycles. The highest BCUT2D eigenvalue weighted by atomic mass is 16.5. The van der Waals surface area contributed by atoms with Crippen LogP contribution in [0.4, 0.5) is 0 Å². The standard InChI is InChI=1S/C11H20O3/c1-4-6-10(3)14-11(13)9(2)7-5-8-12/h7,10,12H,4-6,8H2,1-3H3/b9-7+. The van der Waals surface area contributed by atoms with Crippen molar-refractivity contribution in [3.8, 4) is 0 Å². The van der Waals surface area contributed by atoms with Crippen molar-refractivity contribution in [2.24, 2.45) is 0 Å². The Morgan fingerprint density at radius 1 is 1.57 bits per heavy atom. The maximum Gasteiger partial charge on any atom is 0.333 e. The van der Waals surface area contributed by atoms with Crippen LogP contribution in [0.15, 0.2) is 11.6 Å². The predicted molar refractivity (Wildman–Crippen MR) is 55.9 cm³/mol. The molecule has 1 unspecified atom stereocenters. The smallest absolute Gasteiger partial charge is 0.333 e. The van der Waals surface area contributed by atoms with Crippen LogP contribution in [0.2, 0.25) is 0 Å². The van der Waals surface area contributed by atoms with Crippen molar-refractivity contribution in [2.45, 2.75) is 46.1 Å².